The molecule has 1 N–H and O–H groups in total. The molecular weight excluding hydrogens is 182 g/mol. The second-order valence-electron chi connectivity index (χ2n) is 6.01. The van der Waals surface area contributed by atoms with E-state index >= 15 is 0 Å². The first kappa shape index (κ1) is 10.1. The molecule has 1 aliphatic heterocycles. The Balaban J connectivity index is 1.77. The molecule has 1 heteroatoms. The Morgan fingerprint density at radius 3 is 2.60 bits per heavy atom. The monoisotopic (exact) mass is 207 g/mol. The van der Waals surface area contributed by atoms with Gasteiger partial charge < -0.3 is 5.32 Å². The Labute approximate surface area is 94.0 Å². The minimum atomic E-state index is 0.900. The Kier molecular flexibility index (Phi) is 2.76. The maximum atomic E-state index is 4.00. The summed E-state index contributed by atoms with van der Waals surface area (Å²) in [6, 6.07) is 1.80. The summed E-state index contributed by atoms with van der Waals surface area (Å²) < 4.78 is 0. The SMILES string of the molecule is CCC1CCCC2C3CCCCC3NC12. The lowest BCUT2D eigenvalue weighted by molar-refractivity contribution is 0.184. The van der Waals surface area contributed by atoms with Gasteiger partial charge in [-0.05, 0) is 43.4 Å². The van der Waals surface area contributed by atoms with Gasteiger partial charge in [0.2, 0.25) is 0 Å². The van der Waals surface area contributed by atoms with Crippen LogP contribution in [-0.4, -0.2) is 12.1 Å². The number of hydrogen-bond donors (Lipinski definition) is 1. The predicted octanol–water partition coefficient (Wildman–Crippen LogP) is 3.34. The van der Waals surface area contributed by atoms with Crippen LogP contribution in [0.1, 0.15) is 58.3 Å². The molecule has 5 atom stereocenters. The van der Waals surface area contributed by atoms with Crippen LogP contribution in [0, 0.1) is 17.8 Å². The molecule has 0 radical (unpaired) electrons. The Morgan fingerprint density at radius 1 is 0.933 bits per heavy atom. The third-order valence-electron chi connectivity index (χ3n) is 5.38. The summed E-state index contributed by atoms with van der Waals surface area (Å²) in [7, 11) is 0. The van der Waals surface area contributed by atoms with E-state index in [0.29, 0.717) is 0 Å². The van der Waals surface area contributed by atoms with E-state index in [1.165, 1.54) is 51.4 Å². The van der Waals surface area contributed by atoms with Crippen molar-refractivity contribution < 1.29 is 0 Å². The smallest absolute Gasteiger partial charge is 0.0129 e. The highest BCUT2D eigenvalue weighted by Gasteiger charge is 2.46. The lowest BCUT2D eigenvalue weighted by Gasteiger charge is -2.35. The molecule has 2 aliphatic carbocycles. The van der Waals surface area contributed by atoms with Crippen LogP contribution in [0.4, 0.5) is 0 Å². The molecule has 3 fully saturated rings. The minimum Gasteiger partial charge on any atom is -0.310 e. The maximum Gasteiger partial charge on any atom is 0.0129 e. The molecule has 5 unspecified atom stereocenters. The number of nitrogens with one attached hydrogen (secondary N) is 1. The summed E-state index contributed by atoms with van der Waals surface area (Å²) in [6.07, 6.45) is 11.9. The van der Waals surface area contributed by atoms with Gasteiger partial charge in [-0.15, -0.1) is 0 Å². The average molecular weight is 207 g/mol. The fourth-order valence-corrected chi connectivity index (χ4v) is 4.65. The van der Waals surface area contributed by atoms with Crippen LogP contribution in [0.15, 0.2) is 0 Å². The van der Waals surface area contributed by atoms with Crippen LogP contribution in [0.5, 0.6) is 0 Å². The topological polar surface area (TPSA) is 12.0 Å². The number of hydrogen-bond acceptors (Lipinski definition) is 1. The lowest BCUT2D eigenvalue weighted by atomic mass is 9.70. The van der Waals surface area contributed by atoms with Crippen molar-refractivity contribution in [1.82, 2.24) is 5.32 Å². The molecule has 0 spiro atoms. The summed E-state index contributed by atoms with van der Waals surface area (Å²) in [6.45, 7) is 2.39. The third kappa shape index (κ3) is 1.63. The molecule has 15 heavy (non-hydrogen) atoms. The van der Waals surface area contributed by atoms with Gasteiger partial charge in [-0.25, -0.2) is 0 Å². The molecule has 1 saturated heterocycles. The average Bonchev–Trinajstić information content (AvgIpc) is 2.67. The first-order valence-electron chi connectivity index (χ1n) is 7.16. The quantitative estimate of drug-likeness (QED) is 0.695. The molecule has 1 nitrogen and oxygen atoms in total. The fraction of sp³-hybridized carbons (Fsp3) is 1.00. The summed E-state index contributed by atoms with van der Waals surface area (Å²) >= 11 is 0. The van der Waals surface area contributed by atoms with E-state index in [0.717, 1.165) is 29.8 Å². The van der Waals surface area contributed by atoms with Crippen molar-refractivity contribution in [2.75, 3.05) is 0 Å². The van der Waals surface area contributed by atoms with Crippen molar-refractivity contribution in [2.45, 2.75) is 70.4 Å². The minimum absolute atomic E-state index is 0.900. The van der Waals surface area contributed by atoms with E-state index in [-0.39, 0.29) is 0 Å². The van der Waals surface area contributed by atoms with Gasteiger partial charge in [0.1, 0.15) is 0 Å². The van der Waals surface area contributed by atoms with Crippen molar-refractivity contribution in [3.8, 4) is 0 Å². The standard InChI is InChI=1S/C14H25N/c1-2-10-6-5-8-12-11-7-3-4-9-13(11)15-14(10)12/h10-15H,2-9H2,1H3. The van der Waals surface area contributed by atoms with Gasteiger partial charge in [-0.1, -0.05) is 32.6 Å². The summed E-state index contributed by atoms with van der Waals surface area (Å²) in [5, 5.41) is 4.00. The van der Waals surface area contributed by atoms with Crippen molar-refractivity contribution in [3.63, 3.8) is 0 Å². The molecule has 86 valence electrons. The molecular formula is C14H25N. The molecule has 1 heterocycles. The predicted molar refractivity (Wildman–Crippen MR) is 63.8 cm³/mol. The van der Waals surface area contributed by atoms with Crippen LogP contribution >= 0.6 is 0 Å². The van der Waals surface area contributed by atoms with E-state index < -0.39 is 0 Å². The molecule has 0 amide bonds. The third-order valence-corrected chi connectivity index (χ3v) is 5.38. The van der Waals surface area contributed by atoms with E-state index in [9.17, 15) is 0 Å². The Bertz CT molecular complexity index is 225. The first-order chi connectivity index (χ1) is 7.40. The van der Waals surface area contributed by atoms with Gasteiger partial charge in [0, 0.05) is 12.1 Å². The van der Waals surface area contributed by atoms with E-state index in [1.54, 1.807) is 0 Å². The molecule has 2 saturated carbocycles. The largest absolute Gasteiger partial charge is 0.310 e. The second-order valence-corrected chi connectivity index (χ2v) is 6.01. The van der Waals surface area contributed by atoms with E-state index in [1.807, 2.05) is 0 Å². The molecule has 0 aromatic carbocycles. The zero-order valence-corrected chi connectivity index (χ0v) is 10.0. The van der Waals surface area contributed by atoms with Gasteiger partial charge in [0.15, 0.2) is 0 Å². The van der Waals surface area contributed by atoms with Crippen LogP contribution in [0.3, 0.4) is 0 Å². The summed E-state index contributed by atoms with van der Waals surface area (Å²) in [5.41, 5.74) is 0. The van der Waals surface area contributed by atoms with Crippen LogP contribution < -0.4 is 5.32 Å². The lowest BCUT2D eigenvalue weighted by Crippen LogP contribution is -2.39. The zero-order valence-electron chi connectivity index (χ0n) is 10.0. The van der Waals surface area contributed by atoms with Crippen molar-refractivity contribution >= 4 is 0 Å². The highest BCUT2D eigenvalue weighted by atomic mass is 15.0. The molecule has 0 aromatic rings. The Morgan fingerprint density at radius 2 is 1.73 bits per heavy atom. The maximum absolute atomic E-state index is 4.00. The summed E-state index contributed by atoms with van der Waals surface area (Å²) in [4.78, 5) is 0. The van der Waals surface area contributed by atoms with Gasteiger partial charge >= 0.3 is 0 Å². The van der Waals surface area contributed by atoms with Crippen molar-refractivity contribution in [3.05, 3.63) is 0 Å². The normalized spacial score (nSPS) is 49.8. The highest BCUT2D eigenvalue weighted by Crippen LogP contribution is 2.46. The van der Waals surface area contributed by atoms with Gasteiger partial charge in [0.05, 0.1) is 0 Å². The zero-order chi connectivity index (χ0) is 10.3. The van der Waals surface area contributed by atoms with Crippen molar-refractivity contribution in [2.24, 2.45) is 17.8 Å². The number of rotatable bonds is 1. The fourth-order valence-electron chi connectivity index (χ4n) is 4.65. The summed E-state index contributed by atoms with van der Waals surface area (Å²) in [5.74, 6) is 3.10. The number of fused-ring (bicyclic) bond motifs is 3. The molecule has 0 bridgehead atoms. The van der Waals surface area contributed by atoms with E-state index in [2.05, 4.69) is 12.2 Å². The van der Waals surface area contributed by atoms with E-state index in [4.69, 9.17) is 0 Å². The molecule has 3 rings (SSSR count). The van der Waals surface area contributed by atoms with Crippen LogP contribution in [-0.2, 0) is 0 Å². The highest BCUT2D eigenvalue weighted by molar-refractivity contribution is 5.02. The van der Waals surface area contributed by atoms with Gasteiger partial charge in [0.25, 0.3) is 0 Å². The Hall–Kier alpha value is -0.0400. The van der Waals surface area contributed by atoms with Gasteiger partial charge in [-0.2, -0.15) is 0 Å². The van der Waals surface area contributed by atoms with Crippen LogP contribution in [0.2, 0.25) is 0 Å². The molecule has 0 aromatic heterocycles. The molecule has 3 aliphatic rings. The first-order valence-corrected chi connectivity index (χ1v) is 7.16. The van der Waals surface area contributed by atoms with Gasteiger partial charge in [-0.3, -0.25) is 0 Å². The van der Waals surface area contributed by atoms with Crippen LogP contribution in [0.25, 0.3) is 0 Å². The van der Waals surface area contributed by atoms with Crippen molar-refractivity contribution in [1.29, 1.82) is 0 Å². The second kappa shape index (κ2) is 4.08.